The number of aryl methyl sites for hydroxylation is 1. The minimum atomic E-state index is -0.00187. The van der Waals surface area contributed by atoms with Gasteiger partial charge in [0.2, 0.25) is 5.95 Å². The van der Waals surface area contributed by atoms with Gasteiger partial charge in [0.05, 0.1) is 37.0 Å². The van der Waals surface area contributed by atoms with Crippen molar-refractivity contribution >= 4 is 17.0 Å². The smallest absolute Gasteiger partial charge is 0.220 e. The molecule has 0 amide bonds. The molecule has 1 aromatic carbocycles. The standard InChI is InChI=1S/C21H28N4O2/c1-3-4-5-6-7-17-20-18(24-21(22)23-17)10-11-25(20)13-16-9-8-15(14-26)12-19(16)27-2/h8-12,26H,3-7,13-14H2,1-2H3,(H2,22,23,24). The third kappa shape index (κ3) is 4.39. The normalized spacial score (nSPS) is 11.2. The summed E-state index contributed by atoms with van der Waals surface area (Å²) in [5.41, 5.74) is 10.7. The summed E-state index contributed by atoms with van der Waals surface area (Å²) >= 11 is 0. The number of rotatable bonds is 9. The highest BCUT2D eigenvalue weighted by molar-refractivity contribution is 5.79. The van der Waals surface area contributed by atoms with Crippen LogP contribution in [0.5, 0.6) is 5.75 Å². The first-order valence-corrected chi connectivity index (χ1v) is 9.54. The highest BCUT2D eigenvalue weighted by Gasteiger charge is 2.13. The molecule has 0 aliphatic carbocycles. The predicted molar refractivity (Wildman–Crippen MR) is 108 cm³/mol. The molecule has 6 nitrogen and oxygen atoms in total. The van der Waals surface area contributed by atoms with Gasteiger partial charge >= 0.3 is 0 Å². The van der Waals surface area contributed by atoms with Crippen LogP contribution in [0.15, 0.2) is 30.5 Å². The number of methoxy groups -OCH3 is 1. The molecule has 0 saturated carbocycles. The molecule has 0 bridgehead atoms. The first-order chi connectivity index (χ1) is 13.2. The van der Waals surface area contributed by atoms with E-state index < -0.39 is 0 Å². The average Bonchev–Trinajstić information content (AvgIpc) is 3.08. The zero-order valence-corrected chi connectivity index (χ0v) is 16.1. The minimum Gasteiger partial charge on any atom is -0.496 e. The summed E-state index contributed by atoms with van der Waals surface area (Å²) in [4.78, 5) is 8.92. The van der Waals surface area contributed by atoms with E-state index >= 15 is 0 Å². The Hall–Kier alpha value is -2.60. The molecule has 2 aromatic heterocycles. The Morgan fingerprint density at radius 2 is 2.00 bits per heavy atom. The van der Waals surface area contributed by atoms with E-state index in [1.807, 2.05) is 30.5 Å². The van der Waals surface area contributed by atoms with E-state index in [0.29, 0.717) is 12.5 Å². The number of hydrogen-bond acceptors (Lipinski definition) is 5. The summed E-state index contributed by atoms with van der Waals surface area (Å²) in [5.74, 6) is 1.10. The fourth-order valence-electron chi connectivity index (χ4n) is 3.43. The second kappa shape index (κ2) is 8.86. The lowest BCUT2D eigenvalue weighted by atomic mass is 10.1. The van der Waals surface area contributed by atoms with Crippen molar-refractivity contribution < 1.29 is 9.84 Å². The molecule has 0 aliphatic heterocycles. The molecule has 0 atom stereocenters. The highest BCUT2D eigenvalue weighted by Crippen LogP contribution is 2.26. The predicted octanol–water partition coefficient (Wildman–Crippen LogP) is 3.69. The van der Waals surface area contributed by atoms with Crippen LogP contribution in [0.1, 0.15) is 49.4 Å². The molecule has 0 radical (unpaired) electrons. The van der Waals surface area contributed by atoms with Crippen molar-refractivity contribution in [1.29, 1.82) is 0 Å². The Labute approximate surface area is 160 Å². The Bertz CT molecular complexity index is 905. The number of unbranched alkanes of at least 4 members (excludes halogenated alkanes) is 3. The third-order valence-electron chi connectivity index (χ3n) is 4.84. The SMILES string of the molecule is CCCCCCc1nc(N)nc2ccn(Cc3ccc(CO)cc3OC)c12. The maximum Gasteiger partial charge on any atom is 0.220 e. The molecule has 6 heteroatoms. The highest BCUT2D eigenvalue weighted by atomic mass is 16.5. The fourth-order valence-corrected chi connectivity index (χ4v) is 3.43. The number of nitrogen functional groups attached to an aromatic ring is 1. The number of aliphatic hydroxyl groups excluding tert-OH is 1. The van der Waals surface area contributed by atoms with Crippen molar-refractivity contribution in [2.45, 2.75) is 52.2 Å². The van der Waals surface area contributed by atoms with Gasteiger partial charge in [0.25, 0.3) is 0 Å². The lowest BCUT2D eigenvalue weighted by Crippen LogP contribution is -2.06. The zero-order chi connectivity index (χ0) is 19.2. The van der Waals surface area contributed by atoms with Crippen LogP contribution in [-0.2, 0) is 19.6 Å². The number of aliphatic hydroxyl groups is 1. The molecule has 3 aromatic rings. The maximum absolute atomic E-state index is 9.34. The molecular weight excluding hydrogens is 340 g/mol. The number of hydrogen-bond donors (Lipinski definition) is 2. The van der Waals surface area contributed by atoms with E-state index in [2.05, 4.69) is 21.5 Å². The molecule has 0 saturated heterocycles. The lowest BCUT2D eigenvalue weighted by molar-refractivity contribution is 0.281. The quantitative estimate of drug-likeness (QED) is 0.563. The lowest BCUT2D eigenvalue weighted by Gasteiger charge is -2.13. The number of benzene rings is 1. The van der Waals surface area contributed by atoms with Crippen LogP contribution in [0.2, 0.25) is 0 Å². The van der Waals surface area contributed by atoms with Crippen LogP contribution >= 0.6 is 0 Å². The molecule has 0 spiro atoms. The van der Waals surface area contributed by atoms with Gasteiger partial charge in [-0.2, -0.15) is 0 Å². The van der Waals surface area contributed by atoms with Crippen molar-refractivity contribution in [3.05, 3.63) is 47.3 Å². The molecule has 3 N–H and O–H groups in total. The molecule has 2 heterocycles. The molecular formula is C21H28N4O2. The van der Waals surface area contributed by atoms with E-state index in [0.717, 1.165) is 46.4 Å². The minimum absolute atomic E-state index is 0.00187. The van der Waals surface area contributed by atoms with Crippen molar-refractivity contribution in [2.75, 3.05) is 12.8 Å². The Morgan fingerprint density at radius 3 is 2.74 bits per heavy atom. The molecule has 144 valence electrons. The van der Waals surface area contributed by atoms with Crippen molar-refractivity contribution in [3.8, 4) is 5.75 Å². The first-order valence-electron chi connectivity index (χ1n) is 9.54. The van der Waals surface area contributed by atoms with Gasteiger partial charge in [-0.3, -0.25) is 0 Å². The number of ether oxygens (including phenoxy) is 1. The monoisotopic (exact) mass is 368 g/mol. The first kappa shape index (κ1) is 19.2. The van der Waals surface area contributed by atoms with Crippen LogP contribution in [0.3, 0.4) is 0 Å². The van der Waals surface area contributed by atoms with Crippen LogP contribution in [0.25, 0.3) is 11.0 Å². The van der Waals surface area contributed by atoms with Crippen molar-refractivity contribution in [2.24, 2.45) is 0 Å². The van der Waals surface area contributed by atoms with Gasteiger partial charge in [0, 0.05) is 11.8 Å². The second-order valence-electron chi connectivity index (χ2n) is 6.82. The summed E-state index contributed by atoms with van der Waals surface area (Å²) in [6, 6.07) is 7.78. The maximum atomic E-state index is 9.34. The zero-order valence-electron chi connectivity index (χ0n) is 16.1. The summed E-state index contributed by atoms with van der Waals surface area (Å²) in [5, 5.41) is 9.34. The van der Waals surface area contributed by atoms with Gasteiger partial charge in [0.15, 0.2) is 0 Å². The number of aromatic nitrogens is 3. The molecule has 3 rings (SSSR count). The molecule has 27 heavy (non-hydrogen) atoms. The summed E-state index contributed by atoms with van der Waals surface area (Å²) in [6.07, 6.45) is 7.65. The van der Waals surface area contributed by atoms with Crippen molar-refractivity contribution in [1.82, 2.24) is 14.5 Å². The third-order valence-corrected chi connectivity index (χ3v) is 4.84. The topological polar surface area (TPSA) is 86.2 Å². The van der Waals surface area contributed by atoms with E-state index in [1.54, 1.807) is 7.11 Å². The Kier molecular flexibility index (Phi) is 6.29. The van der Waals surface area contributed by atoms with Gasteiger partial charge in [0.1, 0.15) is 5.75 Å². The van der Waals surface area contributed by atoms with Gasteiger partial charge in [-0.05, 0) is 30.5 Å². The number of anilines is 1. The van der Waals surface area contributed by atoms with Crippen LogP contribution in [0.4, 0.5) is 5.95 Å². The molecule has 0 unspecified atom stereocenters. The van der Waals surface area contributed by atoms with E-state index in [9.17, 15) is 5.11 Å². The van der Waals surface area contributed by atoms with Crippen LogP contribution < -0.4 is 10.5 Å². The summed E-state index contributed by atoms with van der Waals surface area (Å²) in [7, 11) is 1.65. The summed E-state index contributed by atoms with van der Waals surface area (Å²) in [6.45, 7) is 2.85. The van der Waals surface area contributed by atoms with Crippen molar-refractivity contribution in [3.63, 3.8) is 0 Å². The van der Waals surface area contributed by atoms with Gasteiger partial charge in [-0.15, -0.1) is 0 Å². The number of fused-ring (bicyclic) bond motifs is 1. The van der Waals surface area contributed by atoms with Gasteiger partial charge in [-0.1, -0.05) is 38.3 Å². The van der Waals surface area contributed by atoms with Crippen LogP contribution in [-0.4, -0.2) is 26.8 Å². The Balaban J connectivity index is 1.93. The van der Waals surface area contributed by atoms with Gasteiger partial charge in [-0.25, -0.2) is 9.97 Å². The molecule has 0 aliphatic rings. The van der Waals surface area contributed by atoms with Crippen LogP contribution in [0, 0.1) is 0 Å². The number of nitrogens with zero attached hydrogens (tertiary/aromatic N) is 3. The van der Waals surface area contributed by atoms with E-state index in [4.69, 9.17) is 10.5 Å². The van der Waals surface area contributed by atoms with Gasteiger partial charge < -0.3 is 20.1 Å². The van der Waals surface area contributed by atoms with E-state index in [-0.39, 0.29) is 6.61 Å². The summed E-state index contributed by atoms with van der Waals surface area (Å²) < 4.78 is 7.67. The largest absolute Gasteiger partial charge is 0.496 e. The van der Waals surface area contributed by atoms with E-state index in [1.165, 1.54) is 19.3 Å². The number of nitrogens with two attached hydrogens (primary N) is 1. The second-order valence-corrected chi connectivity index (χ2v) is 6.82. The molecule has 0 fully saturated rings. The Morgan fingerprint density at radius 1 is 1.15 bits per heavy atom. The fraction of sp³-hybridized carbons (Fsp3) is 0.429. The average molecular weight is 368 g/mol.